The molecule has 1 unspecified atom stereocenters. The molecule has 0 aliphatic rings. The van der Waals surface area contributed by atoms with E-state index in [2.05, 4.69) is 15.9 Å². The fraction of sp³-hybridized carbons (Fsp3) is 0.200. The second kappa shape index (κ2) is 5.99. The second-order valence-electron chi connectivity index (χ2n) is 4.61. The Morgan fingerprint density at radius 1 is 1.21 bits per heavy atom. The van der Waals surface area contributed by atoms with Crippen LogP contribution in [0.15, 0.2) is 57.9 Å². The quantitative estimate of drug-likeness (QED) is 0.654. The van der Waals surface area contributed by atoms with E-state index in [0.717, 1.165) is 20.6 Å². The van der Waals surface area contributed by atoms with E-state index < -0.39 is 5.60 Å². The second-order valence-corrected chi connectivity index (χ2v) is 6.54. The number of anilines is 1. The van der Waals surface area contributed by atoms with E-state index in [1.807, 2.05) is 55.5 Å². The molecule has 1 atom stereocenters. The molecule has 0 radical (unpaired) electrons. The molecular formula is C15H16BrNOS. The summed E-state index contributed by atoms with van der Waals surface area (Å²) >= 11 is 4.95. The first-order valence-electron chi connectivity index (χ1n) is 5.95. The minimum Gasteiger partial charge on any atom is -0.398 e. The molecule has 19 heavy (non-hydrogen) atoms. The third kappa shape index (κ3) is 3.75. The first-order chi connectivity index (χ1) is 8.99. The largest absolute Gasteiger partial charge is 0.398 e. The molecule has 0 aliphatic heterocycles. The summed E-state index contributed by atoms with van der Waals surface area (Å²) in [6.45, 7) is 1.82. The molecular weight excluding hydrogens is 322 g/mol. The molecule has 0 bridgehead atoms. The maximum absolute atomic E-state index is 10.5. The zero-order chi connectivity index (χ0) is 13.9. The molecule has 0 fully saturated rings. The van der Waals surface area contributed by atoms with Crippen LogP contribution in [0.25, 0.3) is 0 Å². The van der Waals surface area contributed by atoms with Gasteiger partial charge in [0.1, 0.15) is 0 Å². The van der Waals surface area contributed by atoms with Gasteiger partial charge in [-0.2, -0.15) is 0 Å². The number of hydrogen-bond donors (Lipinski definition) is 2. The van der Waals surface area contributed by atoms with Gasteiger partial charge in [-0.1, -0.05) is 46.3 Å². The molecule has 3 N–H and O–H groups in total. The third-order valence-corrected chi connectivity index (χ3v) is 4.76. The number of halogens is 1. The van der Waals surface area contributed by atoms with E-state index in [-0.39, 0.29) is 0 Å². The van der Waals surface area contributed by atoms with E-state index >= 15 is 0 Å². The Balaban J connectivity index is 2.09. The maximum Gasteiger partial charge on any atom is 0.0962 e. The van der Waals surface area contributed by atoms with Gasteiger partial charge >= 0.3 is 0 Å². The number of rotatable bonds is 4. The van der Waals surface area contributed by atoms with Crippen molar-refractivity contribution < 1.29 is 5.11 Å². The normalized spacial score (nSPS) is 14.1. The summed E-state index contributed by atoms with van der Waals surface area (Å²) in [6.07, 6.45) is 0. The van der Waals surface area contributed by atoms with Crippen molar-refractivity contribution in [3.63, 3.8) is 0 Å². The number of benzene rings is 2. The number of nitrogens with two attached hydrogens (primary N) is 1. The molecule has 0 aromatic heterocycles. The summed E-state index contributed by atoms with van der Waals surface area (Å²) in [5, 5.41) is 10.5. The average Bonchev–Trinajstić information content (AvgIpc) is 2.39. The lowest BCUT2D eigenvalue weighted by Gasteiger charge is -2.23. The monoisotopic (exact) mass is 337 g/mol. The molecule has 2 aromatic rings. The van der Waals surface area contributed by atoms with Crippen molar-refractivity contribution in [2.75, 3.05) is 11.5 Å². The zero-order valence-electron chi connectivity index (χ0n) is 10.6. The zero-order valence-corrected chi connectivity index (χ0v) is 13.0. The predicted molar refractivity (Wildman–Crippen MR) is 85.3 cm³/mol. The predicted octanol–water partition coefficient (Wildman–Crippen LogP) is 4.03. The van der Waals surface area contributed by atoms with Gasteiger partial charge < -0.3 is 10.8 Å². The lowest BCUT2D eigenvalue weighted by molar-refractivity contribution is 0.0839. The van der Waals surface area contributed by atoms with Gasteiger partial charge in [0, 0.05) is 20.8 Å². The van der Waals surface area contributed by atoms with Gasteiger partial charge in [0.05, 0.1) is 5.60 Å². The van der Waals surface area contributed by atoms with Crippen molar-refractivity contribution >= 4 is 33.4 Å². The van der Waals surface area contributed by atoms with Crippen LogP contribution in [0.3, 0.4) is 0 Å². The van der Waals surface area contributed by atoms with Crippen molar-refractivity contribution in [3.05, 3.63) is 58.6 Å². The van der Waals surface area contributed by atoms with Crippen molar-refractivity contribution in [2.24, 2.45) is 0 Å². The van der Waals surface area contributed by atoms with Gasteiger partial charge in [0.25, 0.3) is 0 Å². The highest BCUT2D eigenvalue weighted by Gasteiger charge is 2.23. The van der Waals surface area contributed by atoms with Crippen LogP contribution >= 0.6 is 27.7 Å². The highest BCUT2D eigenvalue weighted by atomic mass is 79.9. The number of nitrogen functional groups attached to an aromatic ring is 1. The summed E-state index contributed by atoms with van der Waals surface area (Å²) < 4.78 is 0.962. The van der Waals surface area contributed by atoms with E-state index in [1.165, 1.54) is 0 Å². The summed E-state index contributed by atoms with van der Waals surface area (Å²) in [4.78, 5) is 0.986. The Morgan fingerprint density at radius 2 is 1.89 bits per heavy atom. The average molecular weight is 338 g/mol. The van der Waals surface area contributed by atoms with Crippen LogP contribution in [-0.2, 0) is 5.60 Å². The SMILES string of the molecule is CC(O)(CSc1ccc(Br)cc1N)c1ccccc1. The van der Waals surface area contributed by atoms with Crippen LogP contribution in [0.2, 0.25) is 0 Å². The summed E-state index contributed by atoms with van der Waals surface area (Å²) in [5.41, 5.74) is 6.73. The molecule has 0 amide bonds. The van der Waals surface area contributed by atoms with Crippen LogP contribution in [-0.4, -0.2) is 10.9 Å². The summed E-state index contributed by atoms with van der Waals surface area (Å²) in [7, 11) is 0. The van der Waals surface area contributed by atoms with Crippen LogP contribution in [0, 0.1) is 0 Å². The molecule has 2 nitrogen and oxygen atoms in total. The maximum atomic E-state index is 10.5. The highest BCUT2D eigenvalue weighted by molar-refractivity contribution is 9.10. The van der Waals surface area contributed by atoms with Gasteiger partial charge in [-0.25, -0.2) is 0 Å². The number of hydrogen-bond acceptors (Lipinski definition) is 3. The van der Waals surface area contributed by atoms with Gasteiger partial charge in [-0.3, -0.25) is 0 Å². The van der Waals surface area contributed by atoms with Gasteiger partial charge in [-0.05, 0) is 30.7 Å². The Hall–Kier alpha value is -0.970. The van der Waals surface area contributed by atoms with E-state index in [1.54, 1.807) is 11.8 Å². The molecule has 0 spiro atoms. The van der Waals surface area contributed by atoms with E-state index in [0.29, 0.717) is 5.75 Å². The summed E-state index contributed by atoms with van der Waals surface area (Å²) in [6, 6.07) is 15.5. The Kier molecular flexibility index (Phi) is 4.55. The Labute approximate surface area is 126 Å². The minimum absolute atomic E-state index is 0.558. The van der Waals surface area contributed by atoms with Crippen molar-refractivity contribution in [3.8, 4) is 0 Å². The Morgan fingerprint density at radius 3 is 2.53 bits per heavy atom. The number of aliphatic hydroxyl groups is 1. The molecule has 0 saturated heterocycles. The van der Waals surface area contributed by atoms with Crippen LogP contribution < -0.4 is 5.73 Å². The fourth-order valence-electron chi connectivity index (χ4n) is 1.75. The first kappa shape index (κ1) is 14.4. The molecule has 2 rings (SSSR count). The highest BCUT2D eigenvalue weighted by Crippen LogP contribution is 2.33. The van der Waals surface area contributed by atoms with Crippen LogP contribution in [0.4, 0.5) is 5.69 Å². The van der Waals surface area contributed by atoms with E-state index in [9.17, 15) is 5.11 Å². The molecule has 2 aromatic carbocycles. The molecule has 100 valence electrons. The molecule has 0 aliphatic carbocycles. The van der Waals surface area contributed by atoms with Gasteiger partial charge in [-0.15, -0.1) is 11.8 Å². The van der Waals surface area contributed by atoms with Crippen molar-refractivity contribution in [1.29, 1.82) is 0 Å². The lowest BCUT2D eigenvalue weighted by Crippen LogP contribution is -2.24. The van der Waals surface area contributed by atoms with Gasteiger partial charge in [0.2, 0.25) is 0 Å². The Bertz CT molecular complexity index is 557. The molecule has 4 heteroatoms. The topological polar surface area (TPSA) is 46.2 Å². The molecule has 0 saturated carbocycles. The first-order valence-corrected chi connectivity index (χ1v) is 7.72. The van der Waals surface area contributed by atoms with Crippen LogP contribution in [0.1, 0.15) is 12.5 Å². The smallest absolute Gasteiger partial charge is 0.0962 e. The standard InChI is InChI=1S/C15H16BrNOS/c1-15(18,11-5-3-2-4-6-11)10-19-14-8-7-12(16)9-13(14)17/h2-9,18H,10,17H2,1H3. The van der Waals surface area contributed by atoms with E-state index in [4.69, 9.17) is 5.73 Å². The van der Waals surface area contributed by atoms with Crippen molar-refractivity contribution in [1.82, 2.24) is 0 Å². The van der Waals surface area contributed by atoms with Gasteiger partial charge in [0.15, 0.2) is 0 Å². The fourth-order valence-corrected chi connectivity index (χ4v) is 3.12. The summed E-state index contributed by atoms with van der Waals surface area (Å²) in [5.74, 6) is 0.558. The molecule has 0 heterocycles. The lowest BCUT2D eigenvalue weighted by atomic mass is 9.99. The van der Waals surface area contributed by atoms with Crippen LogP contribution in [0.5, 0.6) is 0 Å². The van der Waals surface area contributed by atoms with Crippen molar-refractivity contribution in [2.45, 2.75) is 17.4 Å². The number of thioether (sulfide) groups is 1. The third-order valence-electron chi connectivity index (χ3n) is 2.88. The minimum atomic E-state index is -0.870.